The molecule has 5 aromatic rings. The highest BCUT2D eigenvalue weighted by atomic mass is 35.5. The van der Waals surface area contributed by atoms with Crippen LogP contribution in [0.5, 0.6) is 5.75 Å². The Balaban J connectivity index is 1.26. The first-order valence-corrected chi connectivity index (χ1v) is 34.5. The van der Waals surface area contributed by atoms with Crippen LogP contribution < -0.4 is 81.4 Å². The molecule has 1 aliphatic rings. The molecule has 13 amide bonds. The summed E-state index contributed by atoms with van der Waals surface area (Å²) in [5, 5.41) is 52.6. The molecule has 1 aromatic heterocycles. The van der Waals surface area contributed by atoms with E-state index >= 15 is 0 Å². The standard InChI is InChI=1S/C71H96ClN17O14/c1-40(2)33-54(63(96)84-53(15-9-30-78-70(74)75)69(102)89-32-10-16-59(89)68(101)80-41(3)60(73)93)85-61(94)51(14-8-31-79-71(76)103)82-65(98)57(36-44-20-26-50(92)27-21-44)87-67(100)58(39-90)88-62(95)52(28-22-45-11-7-29-77-38-45)83-66(99)56(35-43-18-24-49(72)25-19-43)86-64(97)55(81-42(4)91)37-46-17-23-47-12-5-6-13-48(47)34-46/h5-7,11-13,17-21,23-27,29,34,38,40-41,51-59,70,78,90,92H,8-10,14-16,22,28,30-33,35-37,39,74-75H2,1-4H3,(H2,73,93)(H,80,101)(H,81,91)(H,82,98)(H,83,99)(H,84,96)(H,85,94)(H,86,97)(H,87,100)(H,88,95)(H3,76,79,103)/t41-,51-,52-,53+,54+,55-,56-,57+,58+,59?/m1/s1. The van der Waals surface area contributed by atoms with Gasteiger partial charge in [0.2, 0.25) is 65.0 Å². The SMILES string of the molecule is CC(=O)N[C@H](Cc1ccc2ccccc2c1)C(=O)N[C@H](Cc1ccc(Cl)cc1)C(=O)N[C@H](CCc1cccnc1)C(=O)N[C@@H](CO)C(=O)N[C@@H](Cc1ccc(O)cc1)C(=O)N[C@H](CCCNC(N)=O)C(=O)N[C@@H](CC(C)C)C(=O)N[C@@H](CCCNC(N)N)C(=O)N1CCCC1C(=O)N[C@H](C)C(N)=O. The number of likely N-dealkylation sites (tertiary alicyclic amines) is 1. The van der Waals surface area contributed by atoms with Crippen molar-refractivity contribution in [3.8, 4) is 5.75 Å². The Labute approximate surface area is 602 Å². The van der Waals surface area contributed by atoms with Gasteiger partial charge in [0.15, 0.2) is 0 Å². The Morgan fingerprint density at radius 3 is 1.64 bits per heavy atom. The number of rotatable bonds is 40. The minimum absolute atomic E-state index is 0.00415. The van der Waals surface area contributed by atoms with Crippen molar-refractivity contribution in [2.75, 3.05) is 26.2 Å². The first kappa shape index (κ1) is 81.6. The smallest absolute Gasteiger partial charge is 0.312 e. The van der Waals surface area contributed by atoms with Crippen LogP contribution in [0.4, 0.5) is 4.79 Å². The average molecular weight is 1450 g/mol. The number of phenols is 1. The van der Waals surface area contributed by atoms with Gasteiger partial charge >= 0.3 is 6.03 Å². The van der Waals surface area contributed by atoms with Crippen LogP contribution in [-0.4, -0.2) is 184 Å². The Bertz CT molecular complexity index is 3720. The molecule has 1 fully saturated rings. The number of aryl methyl sites for hydroxylation is 1. The van der Waals surface area contributed by atoms with Crippen LogP contribution in [0.25, 0.3) is 10.8 Å². The molecule has 6 rings (SSSR count). The lowest BCUT2D eigenvalue weighted by atomic mass is 9.99. The first-order chi connectivity index (χ1) is 49.1. The number of aromatic hydroxyl groups is 1. The number of aromatic nitrogens is 1. The fourth-order valence-corrected chi connectivity index (χ4v) is 11.8. The van der Waals surface area contributed by atoms with Gasteiger partial charge in [-0.15, -0.1) is 0 Å². The van der Waals surface area contributed by atoms with Crippen LogP contribution in [0.3, 0.4) is 0 Å². The molecule has 0 radical (unpaired) electrons. The number of nitrogens with two attached hydrogens (primary N) is 4. The summed E-state index contributed by atoms with van der Waals surface area (Å²) in [5.41, 5.74) is 24.4. The maximum absolute atomic E-state index is 14.9. The van der Waals surface area contributed by atoms with Gasteiger partial charge in [-0.3, -0.25) is 63.0 Å². The number of benzene rings is 4. The summed E-state index contributed by atoms with van der Waals surface area (Å²) >= 11 is 6.24. The van der Waals surface area contributed by atoms with E-state index in [4.69, 9.17) is 34.5 Å². The summed E-state index contributed by atoms with van der Waals surface area (Å²) in [5.74, 6) is -9.43. The van der Waals surface area contributed by atoms with Gasteiger partial charge in [0.25, 0.3) is 0 Å². The number of primary amides is 2. The molecule has 2 heterocycles. The number of aliphatic hydroxyl groups excluding tert-OH is 1. The van der Waals surface area contributed by atoms with Gasteiger partial charge in [-0.2, -0.15) is 0 Å². The van der Waals surface area contributed by atoms with Gasteiger partial charge in [0.05, 0.1) is 6.61 Å². The number of aliphatic hydroxyl groups is 1. The lowest BCUT2D eigenvalue weighted by molar-refractivity contribution is -0.142. The minimum Gasteiger partial charge on any atom is -0.508 e. The fraction of sp³-hybridized carbons (Fsp3) is 0.451. The third-order valence-corrected chi connectivity index (χ3v) is 17.3. The van der Waals surface area contributed by atoms with Crippen molar-refractivity contribution in [1.29, 1.82) is 0 Å². The predicted octanol–water partition coefficient (Wildman–Crippen LogP) is -0.809. The molecule has 31 nitrogen and oxygen atoms in total. The molecule has 10 atom stereocenters. The third-order valence-electron chi connectivity index (χ3n) is 17.1. The number of nitrogens with zero attached hydrogens (tertiary/aromatic N) is 2. The summed E-state index contributed by atoms with van der Waals surface area (Å²) in [6, 6.07) is 13.9. The van der Waals surface area contributed by atoms with Crippen molar-refractivity contribution in [3.63, 3.8) is 0 Å². The van der Waals surface area contributed by atoms with Crippen molar-refractivity contribution in [2.24, 2.45) is 28.9 Å². The predicted molar refractivity (Wildman–Crippen MR) is 383 cm³/mol. The lowest BCUT2D eigenvalue weighted by Gasteiger charge is -2.31. The van der Waals surface area contributed by atoms with Gasteiger partial charge in [-0.05, 0) is 141 Å². The molecule has 556 valence electrons. The van der Waals surface area contributed by atoms with Gasteiger partial charge in [-0.1, -0.05) is 98.2 Å². The summed E-state index contributed by atoms with van der Waals surface area (Å²) < 4.78 is 0. The van der Waals surface area contributed by atoms with E-state index in [0.29, 0.717) is 33.7 Å². The van der Waals surface area contributed by atoms with Crippen LogP contribution in [0, 0.1) is 5.92 Å². The zero-order valence-corrected chi connectivity index (χ0v) is 58.8. The molecule has 0 aliphatic carbocycles. The molecule has 1 aliphatic heterocycles. The molecule has 0 spiro atoms. The second-order valence-electron chi connectivity index (χ2n) is 25.9. The number of amides is 13. The van der Waals surface area contributed by atoms with Crippen molar-refractivity contribution < 1.29 is 67.7 Å². The minimum atomic E-state index is -1.84. The Morgan fingerprint density at radius 2 is 1.07 bits per heavy atom. The Morgan fingerprint density at radius 1 is 0.563 bits per heavy atom. The number of carbonyl (C=O) groups is 12. The van der Waals surface area contributed by atoms with Crippen molar-refractivity contribution in [1.82, 2.24) is 68.4 Å². The number of halogens is 1. The van der Waals surface area contributed by atoms with Gasteiger partial charge in [0.1, 0.15) is 72.5 Å². The number of pyridine rings is 1. The Hall–Kier alpha value is -10.3. The highest BCUT2D eigenvalue weighted by Gasteiger charge is 2.40. The molecule has 21 N–H and O–H groups in total. The van der Waals surface area contributed by atoms with Gasteiger partial charge < -0.3 is 91.2 Å². The van der Waals surface area contributed by atoms with E-state index in [1.54, 1.807) is 56.4 Å². The molecule has 1 saturated heterocycles. The highest BCUT2D eigenvalue weighted by Crippen LogP contribution is 2.22. The fourth-order valence-electron chi connectivity index (χ4n) is 11.6. The molecular weight excluding hydrogens is 1350 g/mol. The van der Waals surface area contributed by atoms with Crippen LogP contribution in [-0.2, 0) is 78.4 Å². The number of hydrogen-bond donors (Lipinski definition) is 17. The number of fused-ring (bicyclic) bond motifs is 1. The third kappa shape index (κ3) is 27.2. The molecule has 4 aromatic carbocycles. The summed E-state index contributed by atoms with van der Waals surface area (Å²) in [7, 11) is 0. The van der Waals surface area contributed by atoms with E-state index < -0.39 is 144 Å². The van der Waals surface area contributed by atoms with E-state index in [1.807, 2.05) is 42.5 Å². The van der Waals surface area contributed by atoms with Crippen molar-refractivity contribution >= 4 is 93.4 Å². The molecule has 0 saturated carbocycles. The van der Waals surface area contributed by atoms with E-state index in [2.05, 4.69) is 63.5 Å². The van der Waals surface area contributed by atoms with Crippen molar-refractivity contribution in [2.45, 2.75) is 171 Å². The topological polar surface area (TPSA) is 498 Å². The van der Waals surface area contributed by atoms with Crippen LogP contribution in [0.2, 0.25) is 5.02 Å². The van der Waals surface area contributed by atoms with Crippen LogP contribution >= 0.6 is 11.6 Å². The monoisotopic (exact) mass is 1450 g/mol. The zero-order chi connectivity index (χ0) is 75.3. The first-order valence-electron chi connectivity index (χ1n) is 34.1. The van der Waals surface area contributed by atoms with E-state index in [1.165, 1.54) is 49.2 Å². The molecule has 1 unspecified atom stereocenters. The van der Waals surface area contributed by atoms with E-state index in [-0.39, 0.29) is 102 Å². The van der Waals surface area contributed by atoms with E-state index in [9.17, 15) is 67.7 Å². The van der Waals surface area contributed by atoms with Gasteiger partial charge in [-0.25, -0.2) is 4.79 Å². The van der Waals surface area contributed by atoms with Crippen LogP contribution in [0.1, 0.15) is 101 Å². The number of nitrogens with one attached hydrogen (secondary N) is 11. The normalized spacial score (nSPS) is 15.3. The quantitative estimate of drug-likeness (QED) is 0.0168. The number of hydrogen-bond acceptors (Lipinski definition) is 18. The van der Waals surface area contributed by atoms with E-state index in [0.717, 1.165) is 10.8 Å². The molecule has 0 bridgehead atoms. The van der Waals surface area contributed by atoms with Crippen LogP contribution in [0.15, 0.2) is 116 Å². The number of phenolic OH excluding ortho intramolecular Hbond substituents is 1. The maximum atomic E-state index is 14.9. The maximum Gasteiger partial charge on any atom is 0.312 e. The number of urea groups is 1. The molecule has 103 heavy (non-hydrogen) atoms. The average Bonchev–Trinajstić information content (AvgIpc) is 1.83. The summed E-state index contributed by atoms with van der Waals surface area (Å²) in [6.07, 6.45) is 2.42. The second kappa shape index (κ2) is 40.9. The largest absolute Gasteiger partial charge is 0.508 e. The lowest BCUT2D eigenvalue weighted by Crippen LogP contribution is -2.61. The zero-order valence-electron chi connectivity index (χ0n) is 58.1. The number of carbonyl (C=O) groups excluding carboxylic acids is 12. The van der Waals surface area contributed by atoms with Gasteiger partial charge in [0, 0.05) is 56.7 Å². The molecular formula is C71H96ClN17O14. The second-order valence-corrected chi connectivity index (χ2v) is 26.3. The molecule has 32 heteroatoms. The van der Waals surface area contributed by atoms with Crippen molar-refractivity contribution in [3.05, 3.63) is 143 Å². The Kier molecular flexibility index (Phi) is 32.4. The highest BCUT2D eigenvalue weighted by molar-refractivity contribution is 6.30. The summed E-state index contributed by atoms with van der Waals surface area (Å²) in [6.45, 7) is 5.37. The summed E-state index contributed by atoms with van der Waals surface area (Å²) in [4.78, 5) is 172.